The monoisotopic (exact) mass is 710 g/mol. The molecular weight excluding hydrogens is 669 g/mol. The topological polar surface area (TPSA) is 9.23 Å². The van der Waals surface area contributed by atoms with Gasteiger partial charge in [-0.3, -0.25) is 0 Å². The van der Waals surface area contributed by atoms with Crippen molar-refractivity contribution in [3.05, 3.63) is 81.7 Å². The van der Waals surface area contributed by atoms with Crippen LogP contribution in [0.15, 0.2) is 59.4 Å². The molecule has 2 heterocycles. The molecule has 5 rings (SSSR count). The minimum absolute atomic E-state index is 0.545. The van der Waals surface area contributed by atoms with Crippen LogP contribution in [0, 0.1) is 11.8 Å². The molecule has 42 heavy (non-hydrogen) atoms. The van der Waals surface area contributed by atoms with E-state index in [1.165, 1.54) is 22.3 Å². The van der Waals surface area contributed by atoms with Crippen molar-refractivity contribution in [2.24, 2.45) is 11.8 Å². The van der Waals surface area contributed by atoms with Gasteiger partial charge in [0, 0.05) is 0 Å². The fourth-order valence-corrected chi connectivity index (χ4v) is 18.5. The number of rotatable bonds is 11. The Hall–Kier alpha value is 0.520. The number of hydrogen-bond acceptors (Lipinski definition) is 9. The Morgan fingerprint density at radius 2 is 0.929 bits per heavy atom. The molecule has 0 aromatic heterocycles. The van der Waals surface area contributed by atoms with Gasteiger partial charge in [0.05, 0.1) is 33.2 Å². The highest BCUT2D eigenvalue weighted by atomic mass is 32.3. The van der Waals surface area contributed by atoms with Crippen molar-refractivity contribution in [3.8, 4) is 5.75 Å². The number of ether oxygens (including phenoxy) is 1. The third-order valence-corrected chi connectivity index (χ3v) is 19.3. The van der Waals surface area contributed by atoms with E-state index in [2.05, 4.69) is 117 Å². The van der Waals surface area contributed by atoms with Crippen molar-refractivity contribution in [1.29, 1.82) is 0 Å². The van der Waals surface area contributed by atoms with E-state index in [0.29, 0.717) is 21.0 Å². The fraction of sp³-hybridized carbons (Fsp3) is 0.515. The van der Waals surface area contributed by atoms with E-state index in [1.54, 1.807) is 16.9 Å². The second-order valence-electron chi connectivity index (χ2n) is 10.4. The molecule has 2 aromatic rings. The minimum Gasteiger partial charge on any atom is -0.497 e. The van der Waals surface area contributed by atoms with Crippen molar-refractivity contribution in [1.82, 2.24) is 0 Å². The number of fused-ring (bicyclic) bond motifs is 4. The second kappa shape index (κ2) is 16.9. The highest BCUT2D eigenvalue weighted by Gasteiger charge is 2.35. The van der Waals surface area contributed by atoms with E-state index >= 15 is 0 Å². The Bertz CT molecular complexity index is 1150. The predicted octanol–water partition coefficient (Wildman–Crippen LogP) is 11.7. The van der Waals surface area contributed by atoms with Gasteiger partial charge in [0.15, 0.2) is 0 Å². The lowest BCUT2D eigenvalue weighted by Gasteiger charge is -2.27. The van der Waals surface area contributed by atoms with E-state index in [9.17, 15) is 0 Å². The van der Waals surface area contributed by atoms with Gasteiger partial charge < -0.3 is 4.74 Å². The number of benzene rings is 2. The summed E-state index contributed by atoms with van der Waals surface area (Å²) in [5.41, 5.74) is 5.86. The summed E-state index contributed by atoms with van der Waals surface area (Å²) < 4.78 is 13.2. The summed E-state index contributed by atoms with van der Waals surface area (Å²) in [5.74, 6) is 6.68. The van der Waals surface area contributed by atoms with Gasteiger partial charge in [-0.2, -0.15) is 0 Å². The van der Waals surface area contributed by atoms with Crippen LogP contribution < -0.4 is 4.74 Å². The zero-order chi connectivity index (χ0) is 29.5. The normalized spacial score (nSPS) is 22.0. The van der Waals surface area contributed by atoms with Crippen LogP contribution in [0.5, 0.6) is 5.75 Å². The minimum atomic E-state index is 0.545. The molecule has 0 amide bonds. The lowest BCUT2D eigenvalue weighted by Crippen LogP contribution is -2.21. The van der Waals surface area contributed by atoms with Gasteiger partial charge in [-0.05, 0) is 94.9 Å². The predicted molar refractivity (Wildman–Crippen MR) is 206 cm³/mol. The summed E-state index contributed by atoms with van der Waals surface area (Å²) in [6.07, 6.45) is 4.40. The van der Waals surface area contributed by atoms with Gasteiger partial charge in [-0.15, -0.1) is 94.1 Å². The third kappa shape index (κ3) is 8.86. The first-order valence-corrected chi connectivity index (χ1v) is 22.4. The molecule has 2 unspecified atom stereocenters. The molecule has 0 spiro atoms. The summed E-state index contributed by atoms with van der Waals surface area (Å²) in [6, 6.07) is 16.7. The molecule has 0 saturated carbocycles. The molecule has 0 N–H and O–H groups in total. The average Bonchev–Trinajstić information content (AvgIpc) is 3.57. The van der Waals surface area contributed by atoms with Crippen LogP contribution >= 0.6 is 94.1 Å². The van der Waals surface area contributed by atoms with Crippen molar-refractivity contribution in [2.45, 2.75) is 62.5 Å². The van der Waals surface area contributed by atoms with E-state index in [0.717, 1.165) is 54.4 Å². The summed E-state index contributed by atoms with van der Waals surface area (Å²) in [6.45, 7) is 9.12. The Morgan fingerprint density at radius 3 is 1.29 bits per heavy atom. The van der Waals surface area contributed by atoms with Crippen molar-refractivity contribution in [2.75, 3.05) is 30.1 Å². The van der Waals surface area contributed by atoms with Crippen molar-refractivity contribution in [3.63, 3.8) is 0 Å². The average molecular weight is 711 g/mol. The van der Waals surface area contributed by atoms with Crippen LogP contribution in [0.2, 0.25) is 0 Å². The Kier molecular flexibility index (Phi) is 13.6. The van der Waals surface area contributed by atoms with Crippen molar-refractivity contribution >= 4 is 94.1 Å². The van der Waals surface area contributed by atoms with Crippen molar-refractivity contribution < 1.29 is 4.74 Å². The number of thioether (sulfide) groups is 8. The summed E-state index contributed by atoms with van der Waals surface area (Å²) in [5, 5.41) is 0. The molecule has 4 bridgehead atoms. The highest BCUT2D eigenvalue weighted by molar-refractivity contribution is 8.38. The summed E-state index contributed by atoms with van der Waals surface area (Å²) in [4.78, 5) is 0. The molecule has 2 aromatic carbocycles. The van der Waals surface area contributed by atoms with E-state index in [4.69, 9.17) is 4.74 Å². The maximum absolute atomic E-state index is 5.90. The van der Waals surface area contributed by atoms with Crippen LogP contribution in [-0.2, 0) is 25.7 Å². The van der Waals surface area contributed by atoms with Crippen LogP contribution in [-0.4, -0.2) is 39.3 Å². The molecule has 228 valence electrons. The standard InChI is InChI=1S/C33H42OS8/c1-6-35-30-31(36-7-2)40-28(39-30)25-15-21-11-10-12-22(13-21)16-26(18-24-14-23(17-25)19-27(20-24)34-5)29-41-32(37-8-3)33(42-29)38-9-4/h10-14,19-20,25-26,28-29H,6-9,15-18H2,1-5H3. The summed E-state index contributed by atoms with van der Waals surface area (Å²) >= 11 is 16.7. The first-order valence-electron chi connectivity index (χ1n) is 14.9. The van der Waals surface area contributed by atoms with Gasteiger partial charge in [-0.25, -0.2) is 0 Å². The molecule has 1 aliphatic carbocycles. The number of methoxy groups -OCH3 is 1. The Morgan fingerprint density at radius 1 is 0.571 bits per heavy atom. The molecule has 2 atom stereocenters. The zero-order valence-corrected chi connectivity index (χ0v) is 31.7. The van der Waals surface area contributed by atoms with Gasteiger partial charge in [0.25, 0.3) is 0 Å². The second-order valence-corrected chi connectivity index (χ2v) is 21.8. The maximum Gasteiger partial charge on any atom is 0.119 e. The van der Waals surface area contributed by atoms with Crippen LogP contribution in [0.4, 0.5) is 0 Å². The molecule has 0 fully saturated rings. The Labute approximate surface area is 288 Å². The van der Waals surface area contributed by atoms with Gasteiger partial charge in [0.2, 0.25) is 0 Å². The lowest BCUT2D eigenvalue weighted by molar-refractivity contribution is 0.412. The molecule has 0 saturated heterocycles. The highest BCUT2D eigenvalue weighted by Crippen LogP contribution is 2.59. The van der Waals surface area contributed by atoms with Crippen LogP contribution in [0.25, 0.3) is 0 Å². The molecule has 2 aliphatic heterocycles. The Balaban J connectivity index is 1.45. The molecule has 9 heteroatoms. The van der Waals surface area contributed by atoms with Crippen LogP contribution in [0.3, 0.4) is 0 Å². The summed E-state index contributed by atoms with van der Waals surface area (Å²) in [7, 11) is 1.83. The first kappa shape index (κ1) is 33.9. The van der Waals surface area contributed by atoms with E-state index in [1.807, 2.05) is 54.2 Å². The van der Waals surface area contributed by atoms with Gasteiger partial charge in [0.1, 0.15) is 5.75 Å². The quantitative estimate of drug-likeness (QED) is 0.223. The largest absolute Gasteiger partial charge is 0.497 e. The van der Waals surface area contributed by atoms with Gasteiger partial charge >= 0.3 is 0 Å². The SMILES string of the molecule is CCSC1=C(SCC)SC(C2Cc3cccc(c3)CC(C3SC(SCC)=C(SCC)S3)Cc3cc(cc(OC)c3)C2)S1. The lowest BCUT2D eigenvalue weighted by atomic mass is 9.87. The van der Waals surface area contributed by atoms with Gasteiger partial charge in [-0.1, -0.05) is 58.0 Å². The first-order chi connectivity index (χ1) is 20.5. The molecule has 0 radical (unpaired) electrons. The smallest absolute Gasteiger partial charge is 0.119 e. The maximum atomic E-state index is 5.90. The fourth-order valence-electron chi connectivity index (χ4n) is 5.65. The van der Waals surface area contributed by atoms with E-state index in [-0.39, 0.29) is 0 Å². The van der Waals surface area contributed by atoms with Crippen LogP contribution in [0.1, 0.15) is 49.9 Å². The third-order valence-electron chi connectivity index (χ3n) is 7.34. The number of hydrogen-bond donors (Lipinski definition) is 0. The molecule has 3 aliphatic rings. The molecular formula is C33H42OS8. The molecule has 1 nitrogen and oxygen atoms in total. The van der Waals surface area contributed by atoms with E-state index < -0.39 is 0 Å². The zero-order valence-electron chi connectivity index (χ0n) is 25.2.